The highest BCUT2D eigenvalue weighted by Gasteiger charge is 2.85. The molecule has 4 nitrogen and oxygen atoms in total. The van der Waals surface area contributed by atoms with Gasteiger partial charge >= 0.3 is 48.4 Å². The summed E-state index contributed by atoms with van der Waals surface area (Å²) in [7, 11) is 0. The Kier molecular flexibility index (Phi) is 10.8. The number of nitrogens with zero attached hydrogens (tertiary/aromatic N) is 1. The molecule has 0 aromatic rings. The van der Waals surface area contributed by atoms with Crippen molar-refractivity contribution in [3.63, 3.8) is 0 Å². The van der Waals surface area contributed by atoms with Gasteiger partial charge in [-0.25, -0.2) is 0 Å². The molecule has 0 aromatic heterocycles. The van der Waals surface area contributed by atoms with Crippen LogP contribution in [0.4, 0.5) is 74.6 Å². The van der Waals surface area contributed by atoms with Crippen LogP contribution in [0.5, 0.6) is 0 Å². The molecule has 0 N–H and O–H groups in total. The number of unbranched alkanes of at least 4 members (excludes halogenated alkanes) is 2. The maximum absolute atomic E-state index is 14.7. The first-order chi connectivity index (χ1) is 16.6. The van der Waals surface area contributed by atoms with Gasteiger partial charge in [-0.2, -0.15) is 74.6 Å². The average molecular weight is 607 g/mol. The van der Waals surface area contributed by atoms with E-state index < -0.39 is 67.4 Å². The minimum Gasteiger partial charge on any atom is -0.337 e. The summed E-state index contributed by atoms with van der Waals surface area (Å²) in [5.41, 5.74) is 0. The molecule has 0 aliphatic rings. The first-order valence-corrected chi connectivity index (χ1v) is 10.0. The molecule has 0 saturated carbocycles. The molecule has 0 fully saturated rings. The molecule has 0 rings (SSSR count). The Labute approximate surface area is 202 Å². The molecule has 2 atom stereocenters. The predicted molar refractivity (Wildman–Crippen MR) is 89.3 cm³/mol. The van der Waals surface area contributed by atoms with Crippen molar-refractivity contribution < 1.29 is 88.9 Å². The van der Waals surface area contributed by atoms with E-state index >= 15 is 0 Å². The van der Waals surface area contributed by atoms with Crippen LogP contribution in [0.15, 0.2) is 0 Å². The minimum absolute atomic E-state index is 0.0518. The second-order valence-corrected chi connectivity index (χ2v) is 7.50. The molecule has 0 aliphatic heterocycles. The van der Waals surface area contributed by atoms with Crippen LogP contribution in [0.25, 0.3) is 0 Å². The van der Waals surface area contributed by atoms with E-state index in [1.54, 1.807) is 0 Å². The zero-order chi connectivity index (χ0) is 30.8. The molecule has 21 heteroatoms. The van der Waals surface area contributed by atoms with Crippen LogP contribution >= 0.6 is 0 Å². The first-order valence-electron chi connectivity index (χ1n) is 10.0. The molecule has 0 aromatic carbocycles. The van der Waals surface area contributed by atoms with Crippen LogP contribution in [-0.4, -0.2) is 72.3 Å². The Morgan fingerprint density at radius 2 is 0.974 bits per heavy atom. The fourth-order valence-corrected chi connectivity index (χ4v) is 2.37. The maximum Gasteiger partial charge on any atom is 0.462 e. The Morgan fingerprint density at radius 3 is 1.26 bits per heavy atom. The fraction of sp³-hybridized carbons (Fsp3) is 0.941. The quantitative estimate of drug-likeness (QED) is 0.207. The van der Waals surface area contributed by atoms with Crippen LogP contribution in [0.2, 0.25) is 0 Å². The van der Waals surface area contributed by atoms with Gasteiger partial charge in [-0.3, -0.25) is 14.3 Å². The predicted octanol–water partition coefficient (Wildman–Crippen LogP) is 7.29. The highest BCUT2D eigenvalue weighted by Crippen LogP contribution is 2.56. The van der Waals surface area contributed by atoms with Crippen molar-refractivity contribution in [3.8, 4) is 0 Å². The number of rotatable bonds is 13. The van der Waals surface area contributed by atoms with E-state index in [9.17, 15) is 79.4 Å². The summed E-state index contributed by atoms with van der Waals surface area (Å²) in [5.74, 6) is -25.8. The van der Waals surface area contributed by atoms with Gasteiger partial charge in [-0.15, -0.1) is 0 Å². The summed E-state index contributed by atoms with van der Waals surface area (Å²) in [5, 5.41) is 0. The van der Waals surface area contributed by atoms with E-state index in [0.29, 0.717) is 0 Å². The molecular formula is C17H18F17NO3. The van der Waals surface area contributed by atoms with Crippen LogP contribution in [-0.2, 0) is 14.3 Å². The van der Waals surface area contributed by atoms with Crippen molar-refractivity contribution in [1.82, 2.24) is 4.90 Å². The van der Waals surface area contributed by atoms with E-state index in [1.807, 2.05) is 0 Å². The summed E-state index contributed by atoms with van der Waals surface area (Å²) in [6, 6.07) is 0. The third-order valence-electron chi connectivity index (χ3n) is 4.49. The van der Waals surface area contributed by atoms with Gasteiger partial charge in [0.05, 0.1) is 0 Å². The number of halogens is 17. The van der Waals surface area contributed by atoms with E-state index in [4.69, 9.17) is 0 Å². The lowest BCUT2D eigenvalue weighted by atomic mass is 10.1. The van der Waals surface area contributed by atoms with Gasteiger partial charge in [-0.05, 0) is 12.8 Å². The van der Waals surface area contributed by atoms with Crippen LogP contribution in [0.1, 0.15) is 39.5 Å². The van der Waals surface area contributed by atoms with E-state index in [-0.39, 0.29) is 30.6 Å². The highest BCUT2D eigenvalue weighted by molar-refractivity contribution is 5.84. The number of amides is 1. The third-order valence-corrected chi connectivity index (χ3v) is 4.49. The second kappa shape index (κ2) is 11.4. The zero-order valence-electron chi connectivity index (χ0n) is 18.8. The van der Waals surface area contributed by atoms with Crippen molar-refractivity contribution in [2.45, 2.75) is 87.9 Å². The van der Waals surface area contributed by atoms with Crippen molar-refractivity contribution in [3.05, 3.63) is 0 Å². The monoisotopic (exact) mass is 607 g/mol. The molecule has 0 aliphatic carbocycles. The molecule has 38 heavy (non-hydrogen) atoms. The highest BCUT2D eigenvalue weighted by atomic mass is 19.4. The third kappa shape index (κ3) is 7.04. The summed E-state index contributed by atoms with van der Waals surface area (Å²) in [6.07, 6.45) is -38.8. The maximum atomic E-state index is 14.7. The molecule has 228 valence electrons. The molecule has 0 unspecified atom stereocenters. The zero-order valence-corrected chi connectivity index (χ0v) is 18.8. The smallest absolute Gasteiger partial charge is 0.337 e. The topological polar surface area (TPSA) is 38.8 Å². The van der Waals surface area contributed by atoms with Crippen LogP contribution in [0.3, 0.4) is 0 Å². The Morgan fingerprint density at radius 1 is 0.579 bits per heavy atom. The molecule has 1 amide bonds. The number of carbonyl (C=O) groups is 1. The van der Waals surface area contributed by atoms with Gasteiger partial charge in [0.1, 0.15) is 0 Å². The van der Waals surface area contributed by atoms with Crippen molar-refractivity contribution in [2.24, 2.45) is 0 Å². The Balaban J connectivity index is 6.87. The Hall–Kier alpha value is -1.80. The SMILES string of the molecule is CCCCN(CCCC)C(=O)[C@](F)(OC(F)(F)[C@](F)(OC(F)(F)C(F)(F)C(F)(F)F)C(F)(F)F)C(F)(F)F. The summed E-state index contributed by atoms with van der Waals surface area (Å²) < 4.78 is 228. The summed E-state index contributed by atoms with van der Waals surface area (Å²) in [6.45, 7) is 0.958. The average Bonchev–Trinajstić information content (AvgIpc) is 2.70. The Bertz CT molecular complexity index is 786. The summed E-state index contributed by atoms with van der Waals surface area (Å²) >= 11 is 0. The molecule has 0 heterocycles. The number of carbonyl (C=O) groups excluding carboxylic acids is 1. The van der Waals surface area contributed by atoms with Gasteiger partial charge in [0.25, 0.3) is 5.91 Å². The number of ether oxygens (including phenoxy) is 2. The molecule has 0 radical (unpaired) electrons. The van der Waals surface area contributed by atoms with E-state index in [1.165, 1.54) is 18.6 Å². The van der Waals surface area contributed by atoms with Gasteiger partial charge < -0.3 is 4.90 Å². The van der Waals surface area contributed by atoms with Gasteiger partial charge in [0.15, 0.2) is 0 Å². The fourth-order valence-electron chi connectivity index (χ4n) is 2.37. The van der Waals surface area contributed by atoms with E-state index in [2.05, 4.69) is 4.74 Å². The normalized spacial score (nSPS) is 17.7. The largest absolute Gasteiger partial charge is 0.462 e. The molecule has 0 saturated heterocycles. The number of alkyl halides is 17. The lowest BCUT2D eigenvalue weighted by molar-refractivity contribution is -0.548. The lowest BCUT2D eigenvalue weighted by Crippen LogP contribution is -2.69. The van der Waals surface area contributed by atoms with E-state index in [0.717, 1.165) is 0 Å². The van der Waals surface area contributed by atoms with Gasteiger partial charge in [-0.1, -0.05) is 26.7 Å². The van der Waals surface area contributed by atoms with Crippen LogP contribution < -0.4 is 0 Å². The van der Waals surface area contributed by atoms with Gasteiger partial charge in [0.2, 0.25) is 0 Å². The van der Waals surface area contributed by atoms with Gasteiger partial charge in [0, 0.05) is 13.1 Å². The standard InChI is InChI=1S/C17H18F17NO3/c1-3-5-7-35(8-6-4-2)9(36)10(18,13(22,23)24)37-17(33,34)12(21,15(28,29)30)38-16(31,32)11(19,20)14(25,26)27/h3-8H2,1-2H3/t10-,12+/m0/s1. The van der Waals surface area contributed by atoms with Crippen molar-refractivity contribution in [2.75, 3.05) is 13.1 Å². The molecule has 0 spiro atoms. The molecular weight excluding hydrogens is 589 g/mol. The van der Waals surface area contributed by atoms with Crippen molar-refractivity contribution in [1.29, 1.82) is 0 Å². The van der Waals surface area contributed by atoms with Crippen LogP contribution in [0, 0.1) is 0 Å². The summed E-state index contributed by atoms with van der Waals surface area (Å²) in [4.78, 5) is 12.0. The first kappa shape index (κ1) is 36.2. The number of hydrogen-bond acceptors (Lipinski definition) is 3. The number of hydrogen-bond donors (Lipinski definition) is 0. The lowest BCUT2D eigenvalue weighted by Gasteiger charge is -2.41. The molecule has 0 bridgehead atoms. The van der Waals surface area contributed by atoms with Crippen molar-refractivity contribution >= 4 is 5.91 Å². The minimum atomic E-state index is -8.02. The second-order valence-electron chi connectivity index (χ2n) is 7.50.